The number of benzene rings is 2. The molecule has 0 fully saturated rings. The topological polar surface area (TPSA) is 15.3 Å². The van der Waals surface area contributed by atoms with E-state index in [-0.39, 0.29) is 6.04 Å². The van der Waals surface area contributed by atoms with Gasteiger partial charge in [-0.2, -0.15) is 0 Å². The highest BCUT2D eigenvalue weighted by molar-refractivity contribution is 6.30. The molecular weight excluding hydrogens is 256 g/mol. The number of rotatable bonds is 4. The molecule has 0 aliphatic heterocycles. The van der Waals surface area contributed by atoms with Gasteiger partial charge in [0.2, 0.25) is 0 Å². The molecule has 2 aromatic rings. The van der Waals surface area contributed by atoms with E-state index in [1.165, 1.54) is 11.3 Å². The highest BCUT2D eigenvalue weighted by Crippen LogP contribution is 2.24. The summed E-state index contributed by atoms with van der Waals surface area (Å²) in [4.78, 5) is 2.09. The zero-order valence-corrected chi connectivity index (χ0v) is 12.3. The van der Waals surface area contributed by atoms with Crippen molar-refractivity contribution in [3.8, 4) is 0 Å². The van der Waals surface area contributed by atoms with Crippen LogP contribution in [0.2, 0.25) is 5.02 Å². The average Bonchev–Trinajstić information content (AvgIpc) is 2.39. The lowest BCUT2D eigenvalue weighted by molar-refractivity contribution is 0.884. The molecule has 0 saturated carbocycles. The van der Waals surface area contributed by atoms with Crippen molar-refractivity contribution >= 4 is 23.0 Å². The zero-order valence-electron chi connectivity index (χ0n) is 11.5. The van der Waals surface area contributed by atoms with Gasteiger partial charge in [-0.1, -0.05) is 29.8 Å². The predicted octanol–water partition coefficient (Wildman–Crippen LogP) is 4.58. The maximum absolute atomic E-state index is 6.02. The summed E-state index contributed by atoms with van der Waals surface area (Å²) in [5.41, 5.74) is 3.48. The largest absolute Gasteiger partial charge is 0.378 e. The van der Waals surface area contributed by atoms with Crippen molar-refractivity contribution in [1.29, 1.82) is 0 Å². The monoisotopic (exact) mass is 274 g/mol. The summed E-state index contributed by atoms with van der Waals surface area (Å²) in [7, 11) is 4.08. The molecule has 0 aromatic heterocycles. The van der Waals surface area contributed by atoms with E-state index in [9.17, 15) is 0 Å². The fraction of sp³-hybridized carbons (Fsp3) is 0.250. The third kappa shape index (κ3) is 3.65. The Balaban J connectivity index is 2.14. The van der Waals surface area contributed by atoms with Crippen LogP contribution in [0.1, 0.15) is 18.5 Å². The summed E-state index contributed by atoms with van der Waals surface area (Å²) in [5, 5.41) is 4.27. The lowest BCUT2D eigenvalue weighted by atomic mass is 10.1. The summed E-state index contributed by atoms with van der Waals surface area (Å²) in [6.45, 7) is 2.13. The van der Waals surface area contributed by atoms with E-state index in [2.05, 4.69) is 47.5 Å². The molecule has 2 aromatic carbocycles. The molecule has 1 atom stereocenters. The third-order valence-corrected chi connectivity index (χ3v) is 3.33. The summed E-state index contributed by atoms with van der Waals surface area (Å²) >= 11 is 6.02. The van der Waals surface area contributed by atoms with Crippen LogP contribution < -0.4 is 10.2 Å². The Morgan fingerprint density at radius 3 is 2.47 bits per heavy atom. The number of nitrogens with one attached hydrogen (secondary N) is 1. The second-order valence-corrected chi connectivity index (χ2v) is 5.30. The van der Waals surface area contributed by atoms with Gasteiger partial charge >= 0.3 is 0 Å². The van der Waals surface area contributed by atoms with Gasteiger partial charge in [-0.25, -0.2) is 0 Å². The van der Waals surface area contributed by atoms with E-state index in [0.717, 1.165) is 10.7 Å². The molecule has 0 spiro atoms. The minimum absolute atomic E-state index is 0.219. The van der Waals surface area contributed by atoms with Crippen molar-refractivity contribution in [1.82, 2.24) is 0 Å². The first-order chi connectivity index (χ1) is 9.06. The fourth-order valence-corrected chi connectivity index (χ4v) is 2.18. The number of anilines is 2. The Hall–Kier alpha value is -1.67. The summed E-state index contributed by atoms with van der Waals surface area (Å²) < 4.78 is 0. The zero-order chi connectivity index (χ0) is 13.8. The summed E-state index contributed by atoms with van der Waals surface area (Å²) in [5.74, 6) is 0. The van der Waals surface area contributed by atoms with E-state index < -0.39 is 0 Å². The highest BCUT2D eigenvalue weighted by Gasteiger charge is 2.06. The molecule has 2 nitrogen and oxygen atoms in total. The number of hydrogen-bond donors (Lipinski definition) is 1. The number of nitrogens with zero attached hydrogens (tertiary/aromatic N) is 1. The molecular formula is C16H19ClN2. The van der Waals surface area contributed by atoms with E-state index in [4.69, 9.17) is 11.6 Å². The van der Waals surface area contributed by atoms with Crippen LogP contribution >= 0.6 is 11.6 Å². The van der Waals surface area contributed by atoms with Crippen molar-refractivity contribution in [3.05, 3.63) is 59.1 Å². The lowest BCUT2D eigenvalue weighted by Crippen LogP contribution is -2.10. The number of halogens is 1. The van der Waals surface area contributed by atoms with Gasteiger partial charge in [0, 0.05) is 36.5 Å². The SMILES string of the molecule is CC(Nc1cccc(N(C)C)c1)c1cccc(Cl)c1. The van der Waals surface area contributed by atoms with Crippen LogP contribution in [0.25, 0.3) is 0 Å². The second kappa shape index (κ2) is 5.98. The van der Waals surface area contributed by atoms with Gasteiger partial charge in [-0.15, -0.1) is 0 Å². The van der Waals surface area contributed by atoms with Crippen LogP contribution in [-0.4, -0.2) is 14.1 Å². The first kappa shape index (κ1) is 13.8. The Kier molecular flexibility index (Phi) is 4.33. The summed E-state index contributed by atoms with van der Waals surface area (Å²) in [6.07, 6.45) is 0. The Morgan fingerprint density at radius 2 is 1.79 bits per heavy atom. The van der Waals surface area contributed by atoms with Crippen molar-refractivity contribution in [3.63, 3.8) is 0 Å². The van der Waals surface area contributed by atoms with Crippen LogP contribution in [-0.2, 0) is 0 Å². The maximum Gasteiger partial charge on any atom is 0.0486 e. The molecule has 0 amide bonds. The van der Waals surface area contributed by atoms with Gasteiger partial charge in [-0.05, 0) is 42.8 Å². The standard InChI is InChI=1S/C16H19ClN2/c1-12(13-6-4-7-14(17)10-13)18-15-8-5-9-16(11-15)19(2)3/h4-12,18H,1-3H3. The van der Waals surface area contributed by atoms with Gasteiger partial charge in [0.05, 0.1) is 0 Å². The fourth-order valence-electron chi connectivity index (χ4n) is 1.98. The quantitative estimate of drug-likeness (QED) is 0.878. The smallest absolute Gasteiger partial charge is 0.0486 e. The van der Waals surface area contributed by atoms with Crippen LogP contribution in [0.3, 0.4) is 0 Å². The van der Waals surface area contributed by atoms with Crippen LogP contribution in [0.4, 0.5) is 11.4 Å². The molecule has 0 aliphatic rings. The van der Waals surface area contributed by atoms with E-state index in [1.54, 1.807) is 0 Å². The van der Waals surface area contributed by atoms with E-state index in [0.29, 0.717) is 0 Å². The molecule has 100 valence electrons. The minimum Gasteiger partial charge on any atom is -0.378 e. The first-order valence-electron chi connectivity index (χ1n) is 6.35. The molecule has 0 radical (unpaired) electrons. The van der Waals surface area contributed by atoms with Crippen LogP contribution in [0.5, 0.6) is 0 Å². The van der Waals surface area contributed by atoms with Crippen LogP contribution in [0, 0.1) is 0 Å². The molecule has 0 heterocycles. The Bertz CT molecular complexity index is 552. The van der Waals surface area contributed by atoms with Crippen molar-refractivity contribution in [2.24, 2.45) is 0 Å². The normalized spacial score (nSPS) is 12.0. The predicted molar refractivity (Wildman–Crippen MR) is 84.3 cm³/mol. The van der Waals surface area contributed by atoms with Crippen molar-refractivity contribution < 1.29 is 0 Å². The first-order valence-corrected chi connectivity index (χ1v) is 6.73. The molecule has 0 saturated heterocycles. The average molecular weight is 275 g/mol. The van der Waals surface area contributed by atoms with Gasteiger partial charge in [0.15, 0.2) is 0 Å². The van der Waals surface area contributed by atoms with Crippen molar-refractivity contribution in [2.45, 2.75) is 13.0 Å². The van der Waals surface area contributed by atoms with Gasteiger partial charge in [-0.3, -0.25) is 0 Å². The second-order valence-electron chi connectivity index (χ2n) is 4.87. The molecule has 1 unspecified atom stereocenters. The highest BCUT2D eigenvalue weighted by atomic mass is 35.5. The van der Waals surface area contributed by atoms with Gasteiger partial charge in [0.25, 0.3) is 0 Å². The lowest BCUT2D eigenvalue weighted by Gasteiger charge is -2.18. The summed E-state index contributed by atoms with van der Waals surface area (Å²) in [6, 6.07) is 16.5. The molecule has 0 aliphatic carbocycles. The van der Waals surface area contributed by atoms with E-state index in [1.807, 2.05) is 32.3 Å². The molecule has 19 heavy (non-hydrogen) atoms. The minimum atomic E-state index is 0.219. The van der Waals surface area contributed by atoms with Crippen molar-refractivity contribution in [2.75, 3.05) is 24.3 Å². The Labute approximate surface area is 120 Å². The molecule has 2 rings (SSSR count). The number of hydrogen-bond acceptors (Lipinski definition) is 2. The molecule has 3 heteroatoms. The third-order valence-electron chi connectivity index (χ3n) is 3.09. The maximum atomic E-state index is 6.02. The Morgan fingerprint density at radius 1 is 1.05 bits per heavy atom. The van der Waals surface area contributed by atoms with Gasteiger partial charge in [0.1, 0.15) is 0 Å². The molecule has 1 N–H and O–H groups in total. The van der Waals surface area contributed by atoms with Gasteiger partial charge < -0.3 is 10.2 Å². The van der Waals surface area contributed by atoms with E-state index >= 15 is 0 Å². The molecule has 0 bridgehead atoms. The van der Waals surface area contributed by atoms with Crippen LogP contribution in [0.15, 0.2) is 48.5 Å².